The monoisotopic (exact) mass is 372 g/mol. The number of pyridine rings is 1. The van der Waals surface area contributed by atoms with Gasteiger partial charge in [0.15, 0.2) is 11.5 Å². The Bertz CT molecular complexity index is 789. The van der Waals surface area contributed by atoms with Crippen LogP contribution in [0.2, 0.25) is 0 Å². The molecule has 27 heavy (non-hydrogen) atoms. The van der Waals surface area contributed by atoms with Crippen molar-refractivity contribution in [3.05, 3.63) is 53.3 Å². The first-order valence-corrected chi connectivity index (χ1v) is 8.77. The van der Waals surface area contributed by atoms with E-state index in [1.165, 1.54) is 18.3 Å². The van der Waals surface area contributed by atoms with Crippen molar-refractivity contribution in [3.63, 3.8) is 0 Å². The van der Waals surface area contributed by atoms with Gasteiger partial charge in [-0.25, -0.2) is 9.78 Å². The summed E-state index contributed by atoms with van der Waals surface area (Å²) in [5.41, 5.74) is 1.04. The first-order chi connectivity index (χ1) is 13.0. The average Bonchev–Trinajstić information content (AvgIpc) is 2.68. The van der Waals surface area contributed by atoms with Gasteiger partial charge < -0.3 is 19.9 Å². The molecular formula is C20H24N2O5. The van der Waals surface area contributed by atoms with Gasteiger partial charge in [-0.1, -0.05) is 19.4 Å². The van der Waals surface area contributed by atoms with Crippen molar-refractivity contribution in [2.24, 2.45) is 0 Å². The van der Waals surface area contributed by atoms with E-state index in [4.69, 9.17) is 14.6 Å². The summed E-state index contributed by atoms with van der Waals surface area (Å²) in [5.74, 6) is -0.197. The van der Waals surface area contributed by atoms with Crippen molar-refractivity contribution >= 4 is 11.9 Å². The fraction of sp³-hybridized carbons (Fsp3) is 0.350. The number of nitrogens with one attached hydrogen (secondary N) is 1. The summed E-state index contributed by atoms with van der Waals surface area (Å²) in [6, 6.07) is 7.99. The van der Waals surface area contributed by atoms with Crippen LogP contribution >= 0.6 is 0 Å². The second-order valence-corrected chi connectivity index (χ2v) is 6.04. The number of ether oxygens (including phenoxy) is 2. The highest BCUT2D eigenvalue weighted by molar-refractivity contribution is 5.95. The van der Waals surface area contributed by atoms with Crippen LogP contribution in [0.15, 0.2) is 36.5 Å². The zero-order chi connectivity index (χ0) is 19.8. The highest BCUT2D eigenvalue weighted by atomic mass is 16.5. The largest absolute Gasteiger partial charge is 0.493 e. The molecule has 0 spiro atoms. The quantitative estimate of drug-likeness (QED) is 0.654. The van der Waals surface area contributed by atoms with E-state index in [-0.39, 0.29) is 17.6 Å². The lowest BCUT2D eigenvalue weighted by Gasteiger charge is -2.17. The van der Waals surface area contributed by atoms with Crippen LogP contribution in [0.4, 0.5) is 0 Å². The predicted molar refractivity (Wildman–Crippen MR) is 100 cm³/mol. The van der Waals surface area contributed by atoms with Crippen molar-refractivity contribution < 1.29 is 24.2 Å². The molecule has 0 saturated carbocycles. The summed E-state index contributed by atoms with van der Waals surface area (Å²) in [6.45, 7) is 4.57. The highest BCUT2D eigenvalue weighted by Gasteiger charge is 2.15. The first-order valence-electron chi connectivity index (χ1n) is 8.77. The lowest BCUT2D eigenvalue weighted by molar-refractivity contribution is 0.0689. The van der Waals surface area contributed by atoms with Gasteiger partial charge in [0.05, 0.1) is 25.3 Å². The van der Waals surface area contributed by atoms with Gasteiger partial charge in [0.1, 0.15) is 5.69 Å². The summed E-state index contributed by atoms with van der Waals surface area (Å²) < 4.78 is 11.1. The molecule has 1 amide bonds. The van der Waals surface area contributed by atoms with Crippen molar-refractivity contribution in [2.75, 3.05) is 13.7 Å². The third kappa shape index (κ3) is 5.44. The molecule has 1 unspecified atom stereocenters. The number of carboxylic acids is 1. The SMILES string of the molecule is CCCCOc1ccc(C(C)NC(=O)c2ccc(C(=O)O)nc2)cc1OC. The second-order valence-electron chi connectivity index (χ2n) is 6.04. The number of benzene rings is 1. The van der Waals surface area contributed by atoms with Crippen LogP contribution in [0.1, 0.15) is 59.1 Å². The summed E-state index contributed by atoms with van der Waals surface area (Å²) in [7, 11) is 1.57. The third-order valence-corrected chi connectivity index (χ3v) is 4.04. The van der Waals surface area contributed by atoms with Crippen LogP contribution in [0.25, 0.3) is 0 Å². The van der Waals surface area contributed by atoms with Crippen molar-refractivity contribution in [2.45, 2.75) is 32.7 Å². The lowest BCUT2D eigenvalue weighted by Crippen LogP contribution is -2.26. The summed E-state index contributed by atoms with van der Waals surface area (Å²) in [4.78, 5) is 26.9. The Balaban J connectivity index is 2.06. The Morgan fingerprint density at radius 2 is 2.00 bits per heavy atom. The predicted octanol–water partition coefficient (Wildman–Crippen LogP) is 3.46. The van der Waals surface area contributed by atoms with E-state index in [2.05, 4.69) is 17.2 Å². The molecular weight excluding hydrogens is 348 g/mol. The molecule has 0 saturated heterocycles. The van der Waals surface area contributed by atoms with E-state index in [9.17, 15) is 9.59 Å². The minimum absolute atomic E-state index is 0.108. The van der Waals surface area contributed by atoms with Gasteiger partial charge >= 0.3 is 5.97 Å². The first kappa shape index (κ1) is 20.2. The van der Waals surface area contributed by atoms with Crippen LogP contribution in [0.5, 0.6) is 11.5 Å². The molecule has 0 fully saturated rings. The minimum Gasteiger partial charge on any atom is -0.493 e. The third-order valence-electron chi connectivity index (χ3n) is 4.04. The van der Waals surface area contributed by atoms with Gasteiger partial charge in [-0.15, -0.1) is 0 Å². The molecule has 2 rings (SSSR count). The van der Waals surface area contributed by atoms with Crippen LogP contribution in [-0.2, 0) is 0 Å². The van der Waals surface area contributed by atoms with E-state index in [0.717, 1.165) is 18.4 Å². The Morgan fingerprint density at radius 3 is 2.59 bits per heavy atom. The molecule has 1 aromatic heterocycles. The number of carbonyl (C=O) groups excluding carboxylic acids is 1. The fourth-order valence-corrected chi connectivity index (χ4v) is 2.42. The van der Waals surface area contributed by atoms with Crippen LogP contribution in [-0.4, -0.2) is 35.7 Å². The fourth-order valence-electron chi connectivity index (χ4n) is 2.42. The zero-order valence-corrected chi connectivity index (χ0v) is 15.7. The summed E-state index contributed by atoms with van der Waals surface area (Å²) in [5, 5.41) is 11.7. The number of aromatic carboxylic acids is 1. The number of hydrogen-bond acceptors (Lipinski definition) is 5. The van der Waals surface area contributed by atoms with E-state index in [0.29, 0.717) is 23.7 Å². The number of methoxy groups -OCH3 is 1. The molecule has 1 heterocycles. The number of carbonyl (C=O) groups is 2. The molecule has 7 nitrogen and oxygen atoms in total. The molecule has 0 radical (unpaired) electrons. The van der Waals surface area contributed by atoms with E-state index >= 15 is 0 Å². The van der Waals surface area contributed by atoms with Gasteiger partial charge in [0, 0.05) is 6.20 Å². The van der Waals surface area contributed by atoms with Crippen molar-refractivity contribution in [3.8, 4) is 11.5 Å². The van der Waals surface area contributed by atoms with Crippen molar-refractivity contribution in [1.29, 1.82) is 0 Å². The van der Waals surface area contributed by atoms with E-state index in [1.807, 2.05) is 25.1 Å². The van der Waals surface area contributed by atoms with Gasteiger partial charge in [-0.05, 0) is 43.2 Å². The molecule has 1 atom stereocenters. The average molecular weight is 372 g/mol. The van der Waals surface area contributed by atoms with Gasteiger partial charge in [0.25, 0.3) is 5.91 Å². The Morgan fingerprint density at radius 1 is 1.22 bits per heavy atom. The number of aromatic nitrogens is 1. The Hall–Kier alpha value is -3.09. The van der Waals surface area contributed by atoms with Gasteiger partial charge in [-0.3, -0.25) is 4.79 Å². The van der Waals surface area contributed by atoms with Crippen LogP contribution in [0.3, 0.4) is 0 Å². The van der Waals surface area contributed by atoms with Crippen molar-refractivity contribution in [1.82, 2.24) is 10.3 Å². The number of unbranched alkanes of at least 4 members (excludes halogenated alkanes) is 1. The standard InChI is InChI=1S/C20H24N2O5/c1-4-5-10-27-17-9-7-14(11-18(17)26-3)13(2)22-19(23)15-6-8-16(20(24)25)21-12-15/h6-9,11-13H,4-5,10H2,1-3H3,(H,22,23)(H,24,25). The maximum absolute atomic E-state index is 12.4. The normalized spacial score (nSPS) is 11.5. The van der Waals surface area contributed by atoms with Crippen LogP contribution in [0, 0.1) is 0 Å². The second kappa shape index (κ2) is 9.56. The molecule has 2 aromatic rings. The number of nitrogens with zero attached hydrogens (tertiary/aromatic N) is 1. The molecule has 1 aromatic carbocycles. The molecule has 144 valence electrons. The summed E-state index contributed by atoms with van der Waals surface area (Å²) >= 11 is 0. The Kier molecular flexibility index (Phi) is 7.16. The number of rotatable bonds is 9. The number of hydrogen-bond donors (Lipinski definition) is 2. The topological polar surface area (TPSA) is 97.8 Å². The van der Waals surface area contributed by atoms with E-state index in [1.54, 1.807) is 7.11 Å². The molecule has 2 N–H and O–H groups in total. The smallest absolute Gasteiger partial charge is 0.354 e. The number of carboxylic acid groups (broad SMARTS) is 1. The van der Waals surface area contributed by atoms with Gasteiger partial charge in [-0.2, -0.15) is 0 Å². The number of amides is 1. The maximum atomic E-state index is 12.4. The zero-order valence-electron chi connectivity index (χ0n) is 15.7. The van der Waals surface area contributed by atoms with E-state index < -0.39 is 5.97 Å². The molecule has 0 aliphatic carbocycles. The Labute approximate surface area is 158 Å². The van der Waals surface area contributed by atoms with Gasteiger partial charge in [0.2, 0.25) is 0 Å². The highest BCUT2D eigenvalue weighted by Crippen LogP contribution is 2.30. The lowest BCUT2D eigenvalue weighted by atomic mass is 10.1. The summed E-state index contributed by atoms with van der Waals surface area (Å²) in [6.07, 6.45) is 3.26. The molecule has 0 aliphatic heterocycles. The maximum Gasteiger partial charge on any atom is 0.354 e. The minimum atomic E-state index is -1.14. The molecule has 0 aliphatic rings. The van der Waals surface area contributed by atoms with Crippen LogP contribution < -0.4 is 14.8 Å². The molecule has 0 bridgehead atoms. The molecule has 7 heteroatoms.